The van der Waals surface area contributed by atoms with Gasteiger partial charge in [-0.1, -0.05) is 0 Å². The van der Waals surface area contributed by atoms with Gasteiger partial charge in [0.25, 0.3) is 6.43 Å². The summed E-state index contributed by atoms with van der Waals surface area (Å²) in [5.74, 6) is 0. The molecule has 0 rings (SSSR count). The summed E-state index contributed by atoms with van der Waals surface area (Å²) in [6.45, 7) is 0. The van der Waals surface area contributed by atoms with E-state index in [1.165, 1.54) is 0 Å². The minimum absolute atomic E-state index is 2.48. The molecule has 5 N–H and O–H groups in total. The molecule has 0 saturated heterocycles. The molecule has 0 amide bonds. The van der Waals surface area contributed by atoms with Crippen molar-refractivity contribution in [3.63, 3.8) is 0 Å². The Morgan fingerprint density at radius 3 is 1.27 bits per heavy atom. The zero-order chi connectivity index (χ0) is 9.65. The monoisotopic (exact) mass is 197 g/mol. The predicted octanol–water partition coefficient (Wildman–Crippen LogP) is -0.423. The highest BCUT2D eigenvalue weighted by Crippen LogP contribution is 2.25. The topological polar surface area (TPSA) is 104 Å². The summed E-state index contributed by atoms with van der Waals surface area (Å²) in [7, 11) is -4.64. The van der Waals surface area contributed by atoms with Gasteiger partial charge in [-0.25, -0.2) is 17.7 Å². The van der Waals surface area contributed by atoms with Gasteiger partial charge in [0.05, 0.1) is 0 Å². The van der Waals surface area contributed by atoms with Crippen molar-refractivity contribution in [2.45, 2.75) is 12.7 Å². The molecule has 0 aromatic rings. The molecule has 5 nitrogen and oxygen atoms in total. The molecule has 1 unspecified atom stereocenters. The molecule has 0 aliphatic heterocycles. The standard InChI is InChI=1S/C2H4F3N.H3O4P/c3-1(4)2(5)6;1-5(2,3)4/h1-2H,6H2;(H3,1,2,3,4). The first-order valence-corrected chi connectivity index (χ1v) is 3.67. The molecular formula is C2H7F3NO4P. The first-order valence-electron chi connectivity index (χ1n) is 2.10. The number of alkyl halides is 3. The zero-order valence-corrected chi connectivity index (χ0v) is 5.96. The van der Waals surface area contributed by atoms with Crippen LogP contribution in [0.1, 0.15) is 0 Å². The first-order chi connectivity index (χ1) is 4.64. The van der Waals surface area contributed by atoms with E-state index in [4.69, 9.17) is 19.2 Å². The highest BCUT2D eigenvalue weighted by atomic mass is 31.2. The maximum atomic E-state index is 10.9. The van der Waals surface area contributed by atoms with Crippen LogP contribution in [0.15, 0.2) is 0 Å². The Balaban J connectivity index is 0. The Labute approximate surface area is 59.9 Å². The molecule has 0 spiro atoms. The number of hydrogen-bond acceptors (Lipinski definition) is 2. The summed E-state index contributed by atoms with van der Waals surface area (Å²) in [6, 6.07) is 0. The minimum atomic E-state index is -4.64. The molecule has 0 saturated carbocycles. The van der Waals surface area contributed by atoms with Crippen molar-refractivity contribution in [1.29, 1.82) is 0 Å². The average molecular weight is 197 g/mol. The number of phosphoric acid groups is 1. The van der Waals surface area contributed by atoms with Crippen LogP contribution in [0.4, 0.5) is 13.2 Å². The lowest BCUT2D eigenvalue weighted by Gasteiger charge is -1.93. The van der Waals surface area contributed by atoms with Gasteiger partial charge in [-0.3, -0.25) is 5.73 Å². The van der Waals surface area contributed by atoms with E-state index in [1.54, 1.807) is 0 Å². The largest absolute Gasteiger partial charge is 0.466 e. The van der Waals surface area contributed by atoms with Crippen molar-refractivity contribution >= 4 is 7.82 Å². The molecule has 0 aromatic carbocycles. The van der Waals surface area contributed by atoms with Gasteiger partial charge in [0, 0.05) is 0 Å². The average Bonchev–Trinajstić information content (AvgIpc) is 1.59. The molecule has 11 heavy (non-hydrogen) atoms. The van der Waals surface area contributed by atoms with Crippen molar-refractivity contribution in [3.05, 3.63) is 0 Å². The smallest absolute Gasteiger partial charge is 0.303 e. The van der Waals surface area contributed by atoms with Crippen LogP contribution < -0.4 is 5.73 Å². The summed E-state index contributed by atoms with van der Waals surface area (Å²) < 4.78 is 41.0. The molecule has 70 valence electrons. The molecule has 9 heteroatoms. The first kappa shape index (κ1) is 13.4. The van der Waals surface area contributed by atoms with Crippen LogP contribution in [0.3, 0.4) is 0 Å². The quantitative estimate of drug-likeness (QED) is 0.337. The second-order valence-electron chi connectivity index (χ2n) is 1.29. The second kappa shape index (κ2) is 5.50. The minimum Gasteiger partial charge on any atom is -0.303 e. The Kier molecular flexibility index (Phi) is 6.73. The summed E-state index contributed by atoms with van der Waals surface area (Å²) in [4.78, 5) is 21.6. The van der Waals surface area contributed by atoms with Crippen molar-refractivity contribution in [2.75, 3.05) is 0 Å². The van der Waals surface area contributed by atoms with Crippen LogP contribution in [-0.4, -0.2) is 27.4 Å². The van der Waals surface area contributed by atoms with E-state index in [0.717, 1.165) is 0 Å². The van der Waals surface area contributed by atoms with Crippen molar-refractivity contribution in [3.8, 4) is 0 Å². The lowest BCUT2D eigenvalue weighted by Crippen LogP contribution is -2.22. The second-order valence-corrected chi connectivity index (χ2v) is 2.32. The molecule has 0 bridgehead atoms. The van der Waals surface area contributed by atoms with Crippen LogP contribution in [0, 0.1) is 0 Å². The van der Waals surface area contributed by atoms with Gasteiger partial charge in [0.15, 0.2) is 0 Å². The van der Waals surface area contributed by atoms with Gasteiger partial charge in [0.2, 0.25) is 6.30 Å². The molecule has 0 heterocycles. The SMILES string of the molecule is NC(F)C(F)F.O=P(O)(O)O. The van der Waals surface area contributed by atoms with Crippen molar-refractivity contribution in [1.82, 2.24) is 0 Å². The molecule has 0 radical (unpaired) electrons. The van der Waals surface area contributed by atoms with E-state index in [2.05, 4.69) is 5.73 Å². The Morgan fingerprint density at radius 2 is 1.27 bits per heavy atom. The number of hydrogen-bond donors (Lipinski definition) is 4. The summed E-state index contributed by atoms with van der Waals surface area (Å²) in [6.07, 6.45) is -5.52. The third-order valence-electron chi connectivity index (χ3n) is 0.241. The van der Waals surface area contributed by atoms with Crippen LogP contribution in [0.25, 0.3) is 0 Å². The van der Waals surface area contributed by atoms with Crippen LogP contribution in [0.2, 0.25) is 0 Å². The fourth-order valence-electron chi connectivity index (χ4n) is 0. The summed E-state index contributed by atoms with van der Waals surface area (Å²) >= 11 is 0. The zero-order valence-electron chi connectivity index (χ0n) is 5.06. The van der Waals surface area contributed by atoms with Gasteiger partial charge >= 0.3 is 7.82 Å². The van der Waals surface area contributed by atoms with Crippen molar-refractivity contribution < 1.29 is 32.4 Å². The Morgan fingerprint density at radius 1 is 1.18 bits per heavy atom. The molecular weight excluding hydrogens is 190 g/mol. The van der Waals surface area contributed by atoms with Gasteiger partial charge in [-0.05, 0) is 0 Å². The predicted molar refractivity (Wildman–Crippen MR) is 29.4 cm³/mol. The molecule has 0 fully saturated rings. The molecule has 0 aromatic heterocycles. The number of halogens is 3. The molecule has 1 atom stereocenters. The van der Waals surface area contributed by atoms with E-state index in [-0.39, 0.29) is 0 Å². The molecule has 0 aliphatic rings. The van der Waals surface area contributed by atoms with Gasteiger partial charge in [-0.15, -0.1) is 0 Å². The third kappa shape index (κ3) is 40.9. The van der Waals surface area contributed by atoms with E-state index >= 15 is 0 Å². The number of rotatable bonds is 1. The Hall–Kier alpha value is -0.140. The highest BCUT2D eigenvalue weighted by Gasteiger charge is 2.11. The van der Waals surface area contributed by atoms with E-state index in [1.807, 2.05) is 0 Å². The highest BCUT2D eigenvalue weighted by molar-refractivity contribution is 7.45. The van der Waals surface area contributed by atoms with E-state index < -0.39 is 20.5 Å². The van der Waals surface area contributed by atoms with Gasteiger partial charge < -0.3 is 14.7 Å². The maximum Gasteiger partial charge on any atom is 0.466 e. The molecule has 0 aliphatic carbocycles. The number of nitrogens with two attached hydrogens (primary N) is 1. The van der Waals surface area contributed by atoms with Crippen LogP contribution in [0.5, 0.6) is 0 Å². The van der Waals surface area contributed by atoms with Crippen molar-refractivity contribution in [2.24, 2.45) is 5.73 Å². The summed E-state index contributed by atoms with van der Waals surface area (Å²) in [5.41, 5.74) is 4.02. The van der Waals surface area contributed by atoms with Crippen LogP contribution >= 0.6 is 7.82 Å². The lowest BCUT2D eigenvalue weighted by molar-refractivity contribution is 0.0537. The summed E-state index contributed by atoms with van der Waals surface area (Å²) in [5, 5.41) is 0. The maximum absolute atomic E-state index is 10.9. The normalized spacial score (nSPS) is 13.8. The Bertz CT molecular complexity index is 121. The lowest BCUT2D eigenvalue weighted by atomic mass is 10.7. The third-order valence-corrected chi connectivity index (χ3v) is 0.241. The van der Waals surface area contributed by atoms with Crippen LogP contribution in [-0.2, 0) is 4.57 Å². The fourth-order valence-corrected chi connectivity index (χ4v) is 0. The van der Waals surface area contributed by atoms with Gasteiger partial charge in [0.1, 0.15) is 0 Å². The van der Waals surface area contributed by atoms with E-state index in [9.17, 15) is 13.2 Å². The van der Waals surface area contributed by atoms with Gasteiger partial charge in [-0.2, -0.15) is 0 Å². The fraction of sp³-hybridized carbons (Fsp3) is 1.00. The van der Waals surface area contributed by atoms with E-state index in [0.29, 0.717) is 0 Å².